The van der Waals surface area contributed by atoms with Gasteiger partial charge in [-0.3, -0.25) is 0 Å². The lowest BCUT2D eigenvalue weighted by Gasteiger charge is -2.29. The molecule has 0 radical (unpaired) electrons. The molecule has 0 aliphatic rings. The molecule has 0 saturated carbocycles. The van der Waals surface area contributed by atoms with Crippen LogP contribution in [0.25, 0.3) is 11.5 Å². The molecule has 2 rings (SSSR count). The van der Waals surface area contributed by atoms with Crippen molar-refractivity contribution in [3.63, 3.8) is 0 Å². The second-order valence-electron chi connectivity index (χ2n) is 5.52. The fraction of sp³-hybridized carbons (Fsp3) is 0.538. The van der Waals surface area contributed by atoms with Gasteiger partial charge in [-0.15, -0.1) is 0 Å². The van der Waals surface area contributed by atoms with Crippen molar-refractivity contribution in [1.82, 2.24) is 25.4 Å². The molecule has 0 aliphatic carbocycles. The number of aromatic nitrogens is 4. The summed E-state index contributed by atoms with van der Waals surface area (Å²) < 4.78 is 5.29. The maximum Gasteiger partial charge on any atom is 0.228 e. The number of likely N-dealkylation sites (N-methyl/N-ethyl adjacent to an activating group) is 1. The normalized spacial score (nSPS) is 13.5. The van der Waals surface area contributed by atoms with Crippen molar-refractivity contribution < 1.29 is 4.52 Å². The minimum Gasteiger partial charge on any atom is -0.339 e. The van der Waals surface area contributed by atoms with Gasteiger partial charge in [0.25, 0.3) is 0 Å². The smallest absolute Gasteiger partial charge is 0.228 e. The summed E-state index contributed by atoms with van der Waals surface area (Å²) in [6.45, 7) is 6.53. The molecule has 0 aromatic carbocycles. The third kappa shape index (κ3) is 3.35. The lowest BCUT2D eigenvalue weighted by atomic mass is 9.85. The van der Waals surface area contributed by atoms with Crippen LogP contribution in [0.15, 0.2) is 23.1 Å². The summed E-state index contributed by atoms with van der Waals surface area (Å²) in [5, 5.41) is 7.24. The summed E-state index contributed by atoms with van der Waals surface area (Å²) in [5.41, 5.74) is 0.792. The van der Waals surface area contributed by atoms with Gasteiger partial charge in [-0.2, -0.15) is 4.98 Å². The van der Waals surface area contributed by atoms with E-state index in [1.165, 1.54) is 6.33 Å². The van der Waals surface area contributed by atoms with E-state index in [9.17, 15) is 0 Å². The molecular weight excluding hydrogens is 242 g/mol. The van der Waals surface area contributed by atoms with Crippen LogP contribution in [-0.2, 0) is 6.42 Å². The van der Waals surface area contributed by atoms with Crippen LogP contribution < -0.4 is 5.32 Å². The van der Waals surface area contributed by atoms with Crippen LogP contribution >= 0.6 is 0 Å². The van der Waals surface area contributed by atoms with E-state index in [0.29, 0.717) is 23.8 Å². The van der Waals surface area contributed by atoms with E-state index in [0.717, 1.165) is 0 Å². The molecule has 2 aromatic heterocycles. The molecule has 6 nitrogen and oxygen atoms in total. The molecule has 0 saturated heterocycles. The SMILES string of the molecule is CNC(Cc1nc(-c2ccncn2)no1)C(C)(C)C. The Kier molecular flexibility index (Phi) is 3.90. The molecule has 102 valence electrons. The van der Waals surface area contributed by atoms with Crippen LogP contribution in [-0.4, -0.2) is 33.2 Å². The van der Waals surface area contributed by atoms with E-state index in [4.69, 9.17) is 4.52 Å². The first-order valence-electron chi connectivity index (χ1n) is 6.27. The van der Waals surface area contributed by atoms with Gasteiger partial charge in [0.1, 0.15) is 12.0 Å². The first-order chi connectivity index (χ1) is 9.00. The minimum absolute atomic E-state index is 0.123. The molecule has 2 heterocycles. The maximum atomic E-state index is 5.29. The van der Waals surface area contributed by atoms with Crippen LogP contribution in [0.3, 0.4) is 0 Å². The Morgan fingerprint density at radius 2 is 2.16 bits per heavy atom. The standard InChI is InChI=1S/C13H19N5O/c1-13(2,3)10(14-4)7-11-17-12(18-19-11)9-5-6-15-8-16-9/h5-6,8,10,14H,7H2,1-4H3. The van der Waals surface area contributed by atoms with E-state index in [1.54, 1.807) is 12.3 Å². The highest BCUT2D eigenvalue weighted by Crippen LogP contribution is 2.22. The van der Waals surface area contributed by atoms with Gasteiger partial charge < -0.3 is 9.84 Å². The third-order valence-electron chi connectivity index (χ3n) is 3.05. The number of hydrogen-bond donors (Lipinski definition) is 1. The van der Waals surface area contributed by atoms with Gasteiger partial charge in [0.2, 0.25) is 11.7 Å². The molecule has 19 heavy (non-hydrogen) atoms. The van der Waals surface area contributed by atoms with Gasteiger partial charge in [0.15, 0.2) is 0 Å². The summed E-state index contributed by atoms with van der Waals surface area (Å²) >= 11 is 0. The van der Waals surface area contributed by atoms with Crippen LogP contribution in [0.1, 0.15) is 26.7 Å². The minimum atomic E-state index is 0.123. The van der Waals surface area contributed by atoms with E-state index >= 15 is 0 Å². The lowest BCUT2D eigenvalue weighted by molar-refractivity contribution is 0.255. The molecule has 0 bridgehead atoms. The molecule has 2 aromatic rings. The van der Waals surface area contributed by atoms with E-state index in [1.807, 2.05) is 7.05 Å². The molecule has 0 aliphatic heterocycles. The predicted octanol–water partition coefficient (Wildman–Crippen LogP) is 1.70. The summed E-state index contributed by atoms with van der Waals surface area (Å²) in [5.74, 6) is 1.11. The zero-order valence-electron chi connectivity index (χ0n) is 11.7. The molecule has 6 heteroatoms. The molecular formula is C13H19N5O. The van der Waals surface area contributed by atoms with Gasteiger partial charge in [-0.05, 0) is 18.5 Å². The molecule has 0 spiro atoms. The predicted molar refractivity (Wildman–Crippen MR) is 71.3 cm³/mol. The Morgan fingerprint density at radius 3 is 2.74 bits per heavy atom. The van der Waals surface area contributed by atoms with Gasteiger partial charge in [0, 0.05) is 18.7 Å². The number of rotatable bonds is 4. The topological polar surface area (TPSA) is 76.7 Å². The highest BCUT2D eigenvalue weighted by atomic mass is 16.5. The monoisotopic (exact) mass is 261 g/mol. The molecule has 1 atom stereocenters. The highest BCUT2D eigenvalue weighted by molar-refractivity contribution is 5.46. The van der Waals surface area contributed by atoms with Crippen LogP contribution in [0, 0.1) is 5.41 Å². The summed E-state index contributed by atoms with van der Waals surface area (Å²) in [4.78, 5) is 12.3. The first kappa shape index (κ1) is 13.6. The zero-order chi connectivity index (χ0) is 13.9. The number of nitrogens with one attached hydrogen (secondary N) is 1. The molecule has 0 amide bonds. The van der Waals surface area contributed by atoms with Crippen molar-refractivity contribution in [3.8, 4) is 11.5 Å². The summed E-state index contributed by atoms with van der Waals surface area (Å²) in [6.07, 6.45) is 3.82. The van der Waals surface area contributed by atoms with Crippen molar-refractivity contribution in [2.45, 2.75) is 33.2 Å². The Balaban J connectivity index is 2.14. The van der Waals surface area contributed by atoms with Crippen molar-refractivity contribution in [3.05, 3.63) is 24.5 Å². The zero-order valence-corrected chi connectivity index (χ0v) is 11.7. The van der Waals surface area contributed by atoms with Gasteiger partial charge in [-0.1, -0.05) is 25.9 Å². The second-order valence-corrected chi connectivity index (χ2v) is 5.52. The molecule has 1 unspecified atom stereocenters. The van der Waals surface area contributed by atoms with Crippen molar-refractivity contribution in [1.29, 1.82) is 0 Å². The van der Waals surface area contributed by atoms with Gasteiger partial charge >= 0.3 is 0 Å². The average molecular weight is 261 g/mol. The van der Waals surface area contributed by atoms with Crippen molar-refractivity contribution in [2.75, 3.05) is 7.05 Å². The van der Waals surface area contributed by atoms with Crippen LogP contribution in [0.2, 0.25) is 0 Å². The summed E-state index contributed by atoms with van der Waals surface area (Å²) in [7, 11) is 1.94. The van der Waals surface area contributed by atoms with Crippen molar-refractivity contribution in [2.24, 2.45) is 5.41 Å². The third-order valence-corrected chi connectivity index (χ3v) is 3.05. The first-order valence-corrected chi connectivity index (χ1v) is 6.27. The second kappa shape index (κ2) is 5.44. The van der Waals surface area contributed by atoms with Gasteiger partial charge in [-0.25, -0.2) is 9.97 Å². The molecule has 0 fully saturated rings. The maximum absolute atomic E-state index is 5.29. The largest absolute Gasteiger partial charge is 0.339 e. The Labute approximate surface area is 112 Å². The van der Waals surface area contributed by atoms with E-state index < -0.39 is 0 Å². The van der Waals surface area contributed by atoms with Gasteiger partial charge in [0.05, 0.1) is 0 Å². The fourth-order valence-electron chi connectivity index (χ4n) is 1.88. The number of hydrogen-bond acceptors (Lipinski definition) is 6. The fourth-order valence-corrected chi connectivity index (χ4v) is 1.88. The Hall–Kier alpha value is -1.82. The number of nitrogens with zero attached hydrogens (tertiary/aromatic N) is 4. The van der Waals surface area contributed by atoms with Crippen LogP contribution in [0.4, 0.5) is 0 Å². The Morgan fingerprint density at radius 1 is 1.37 bits per heavy atom. The Bertz CT molecular complexity index is 517. The van der Waals surface area contributed by atoms with E-state index in [-0.39, 0.29) is 11.5 Å². The highest BCUT2D eigenvalue weighted by Gasteiger charge is 2.25. The quantitative estimate of drug-likeness (QED) is 0.902. The lowest BCUT2D eigenvalue weighted by Crippen LogP contribution is -2.39. The molecule has 1 N–H and O–H groups in total. The summed E-state index contributed by atoms with van der Waals surface area (Å²) in [6, 6.07) is 2.03. The average Bonchev–Trinajstić information content (AvgIpc) is 2.84. The van der Waals surface area contributed by atoms with Crippen LogP contribution in [0.5, 0.6) is 0 Å². The van der Waals surface area contributed by atoms with Crippen molar-refractivity contribution >= 4 is 0 Å². The van der Waals surface area contributed by atoms with E-state index in [2.05, 4.69) is 46.2 Å².